The number of amides is 1. The summed E-state index contributed by atoms with van der Waals surface area (Å²) in [6, 6.07) is 9.60. The molecule has 1 aromatic carbocycles. The summed E-state index contributed by atoms with van der Waals surface area (Å²) in [5.74, 6) is 1.08. The van der Waals surface area contributed by atoms with Crippen LogP contribution in [0.25, 0.3) is 0 Å². The molecule has 2 rings (SSSR count). The van der Waals surface area contributed by atoms with Crippen LogP contribution >= 0.6 is 0 Å². The molecule has 2 atom stereocenters. The van der Waals surface area contributed by atoms with Gasteiger partial charge < -0.3 is 4.90 Å². The first-order chi connectivity index (χ1) is 9.15. The van der Waals surface area contributed by atoms with E-state index in [2.05, 4.69) is 19.9 Å². The van der Waals surface area contributed by atoms with Crippen molar-refractivity contribution in [3.05, 3.63) is 35.4 Å². The minimum Gasteiger partial charge on any atom is -0.338 e. The zero-order valence-electron chi connectivity index (χ0n) is 11.6. The summed E-state index contributed by atoms with van der Waals surface area (Å²) in [6.07, 6.45) is 2.01. The monoisotopic (exact) mass is 256 g/mol. The van der Waals surface area contributed by atoms with Gasteiger partial charge >= 0.3 is 0 Å². The van der Waals surface area contributed by atoms with Crippen LogP contribution in [0.15, 0.2) is 24.3 Å². The van der Waals surface area contributed by atoms with Gasteiger partial charge in [0.1, 0.15) is 0 Å². The number of benzene rings is 1. The first-order valence-electron chi connectivity index (χ1n) is 6.93. The Morgan fingerprint density at radius 1 is 1.42 bits per heavy atom. The molecule has 100 valence electrons. The molecule has 19 heavy (non-hydrogen) atoms. The topological polar surface area (TPSA) is 44.1 Å². The van der Waals surface area contributed by atoms with Gasteiger partial charge in [-0.3, -0.25) is 4.79 Å². The van der Waals surface area contributed by atoms with Gasteiger partial charge in [-0.2, -0.15) is 5.26 Å². The average Bonchev–Trinajstić information content (AvgIpc) is 3.15. The van der Waals surface area contributed by atoms with Gasteiger partial charge in [-0.1, -0.05) is 26.0 Å². The van der Waals surface area contributed by atoms with E-state index >= 15 is 0 Å². The Balaban J connectivity index is 2.03. The van der Waals surface area contributed by atoms with Gasteiger partial charge in [0, 0.05) is 19.0 Å². The van der Waals surface area contributed by atoms with Crippen molar-refractivity contribution in [3.8, 4) is 6.07 Å². The van der Waals surface area contributed by atoms with Crippen molar-refractivity contribution < 1.29 is 4.79 Å². The normalized spacial score (nSPS) is 20.7. The summed E-state index contributed by atoms with van der Waals surface area (Å²) >= 11 is 0. The first kappa shape index (κ1) is 13.6. The Labute approximate surface area is 114 Å². The van der Waals surface area contributed by atoms with Crippen LogP contribution in [0.5, 0.6) is 0 Å². The molecular weight excluding hydrogens is 236 g/mol. The summed E-state index contributed by atoms with van der Waals surface area (Å²) in [4.78, 5) is 14.3. The molecule has 3 nitrogen and oxygen atoms in total. The third-order valence-corrected chi connectivity index (χ3v) is 3.69. The van der Waals surface area contributed by atoms with E-state index in [1.807, 2.05) is 29.2 Å². The maximum absolute atomic E-state index is 12.3. The predicted octanol–water partition coefficient (Wildman–Crippen LogP) is 2.95. The Bertz CT molecular complexity index is 486. The number of carbonyl (C=O) groups excluding carboxylic acids is 1. The van der Waals surface area contributed by atoms with E-state index in [4.69, 9.17) is 5.26 Å². The minimum atomic E-state index is 0.241. The van der Waals surface area contributed by atoms with E-state index in [0.717, 1.165) is 24.9 Å². The molecular formula is C16H20N2O. The number of carbonyl (C=O) groups is 1. The van der Waals surface area contributed by atoms with Gasteiger partial charge in [0.15, 0.2) is 0 Å². The smallest absolute Gasteiger partial charge is 0.226 e. The highest BCUT2D eigenvalue weighted by Crippen LogP contribution is 2.39. The van der Waals surface area contributed by atoms with Gasteiger partial charge in [-0.05, 0) is 36.5 Å². The summed E-state index contributed by atoms with van der Waals surface area (Å²) < 4.78 is 0. The van der Waals surface area contributed by atoms with E-state index in [9.17, 15) is 4.79 Å². The van der Waals surface area contributed by atoms with Crippen molar-refractivity contribution in [1.82, 2.24) is 4.90 Å². The lowest BCUT2D eigenvalue weighted by atomic mass is 10.1. The Hall–Kier alpha value is -1.82. The molecule has 0 saturated heterocycles. The number of rotatable bonds is 5. The van der Waals surface area contributed by atoms with E-state index in [1.165, 1.54) is 0 Å². The second kappa shape index (κ2) is 5.88. The zero-order chi connectivity index (χ0) is 13.8. The molecule has 0 heterocycles. The fraction of sp³-hybridized carbons (Fsp3) is 0.500. The molecule has 0 radical (unpaired) electrons. The molecule has 2 unspecified atom stereocenters. The van der Waals surface area contributed by atoms with Crippen molar-refractivity contribution in [3.63, 3.8) is 0 Å². The van der Waals surface area contributed by atoms with Crippen LogP contribution in [0.3, 0.4) is 0 Å². The second-order valence-corrected chi connectivity index (χ2v) is 5.39. The molecule has 1 aromatic rings. The highest BCUT2D eigenvalue weighted by molar-refractivity contribution is 5.81. The molecule has 1 amide bonds. The third kappa shape index (κ3) is 3.35. The third-order valence-electron chi connectivity index (χ3n) is 3.69. The van der Waals surface area contributed by atoms with Gasteiger partial charge in [-0.25, -0.2) is 0 Å². The quantitative estimate of drug-likeness (QED) is 0.813. The molecule has 1 saturated carbocycles. The summed E-state index contributed by atoms with van der Waals surface area (Å²) in [5, 5.41) is 8.78. The average molecular weight is 256 g/mol. The van der Waals surface area contributed by atoms with Crippen LogP contribution in [0.2, 0.25) is 0 Å². The van der Waals surface area contributed by atoms with Crippen molar-refractivity contribution in [1.29, 1.82) is 5.26 Å². The number of nitrogens with zero attached hydrogens (tertiary/aromatic N) is 2. The number of hydrogen-bond donors (Lipinski definition) is 0. The minimum absolute atomic E-state index is 0.241. The van der Waals surface area contributed by atoms with Crippen molar-refractivity contribution >= 4 is 5.91 Å². The zero-order valence-corrected chi connectivity index (χ0v) is 11.6. The predicted molar refractivity (Wildman–Crippen MR) is 74.1 cm³/mol. The standard InChI is InChI=1S/C16H20N2O/c1-3-8-18(16(19)15-9-12(15)2)11-14-6-4-13(10-17)5-7-14/h4-7,12,15H,3,8-9,11H2,1-2H3. The molecule has 1 fully saturated rings. The second-order valence-electron chi connectivity index (χ2n) is 5.39. The fourth-order valence-corrected chi connectivity index (χ4v) is 2.34. The Morgan fingerprint density at radius 2 is 2.05 bits per heavy atom. The van der Waals surface area contributed by atoms with Crippen LogP contribution in [-0.2, 0) is 11.3 Å². The molecule has 0 aromatic heterocycles. The molecule has 3 heteroatoms. The van der Waals surface area contributed by atoms with Crippen LogP contribution in [0.4, 0.5) is 0 Å². The summed E-state index contributed by atoms with van der Waals surface area (Å²) in [5.41, 5.74) is 1.75. The fourth-order valence-electron chi connectivity index (χ4n) is 2.34. The Kier molecular flexibility index (Phi) is 4.21. The number of nitriles is 1. The molecule has 1 aliphatic rings. The van der Waals surface area contributed by atoms with Crippen molar-refractivity contribution in [2.45, 2.75) is 33.2 Å². The summed E-state index contributed by atoms with van der Waals surface area (Å²) in [7, 11) is 0. The van der Waals surface area contributed by atoms with E-state index < -0.39 is 0 Å². The lowest BCUT2D eigenvalue weighted by Crippen LogP contribution is -2.32. The van der Waals surface area contributed by atoms with Gasteiger partial charge in [0.25, 0.3) is 0 Å². The van der Waals surface area contributed by atoms with Crippen molar-refractivity contribution in [2.24, 2.45) is 11.8 Å². The highest BCUT2D eigenvalue weighted by Gasteiger charge is 2.41. The summed E-state index contributed by atoms with van der Waals surface area (Å²) in [6.45, 7) is 5.69. The van der Waals surface area contributed by atoms with Crippen LogP contribution in [-0.4, -0.2) is 17.4 Å². The maximum Gasteiger partial charge on any atom is 0.226 e. The Morgan fingerprint density at radius 3 is 2.53 bits per heavy atom. The number of hydrogen-bond acceptors (Lipinski definition) is 2. The largest absolute Gasteiger partial charge is 0.338 e. The molecule has 1 aliphatic carbocycles. The SMILES string of the molecule is CCCN(Cc1ccc(C#N)cc1)C(=O)C1CC1C. The molecule has 0 spiro atoms. The van der Waals surface area contributed by atoms with Crippen molar-refractivity contribution in [2.75, 3.05) is 6.54 Å². The van der Waals surface area contributed by atoms with Crippen LogP contribution in [0.1, 0.15) is 37.8 Å². The highest BCUT2D eigenvalue weighted by atomic mass is 16.2. The van der Waals surface area contributed by atoms with Gasteiger partial charge in [0.2, 0.25) is 5.91 Å². The van der Waals surface area contributed by atoms with Gasteiger partial charge in [-0.15, -0.1) is 0 Å². The molecule has 0 N–H and O–H groups in total. The van der Waals surface area contributed by atoms with E-state index in [1.54, 1.807) is 0 Å². The van der Waals surface area contributed by atoms with Crippen LogP contribution < -0.4 is 0 Å². The van der Waals surface area contributed by atoms with Gasteiger partial charge in [0.05, 0.1) is 11.6 Å². The van der Waals surface area contributed by atoms with E-state index in [0.29, 0.717) is 23.9 Å². The first-order valence-corrected chi connectivity index (χ1v) is 6.93. The van der Waals surface area contributed by atoms with E-state index in [-0.39, 0.29) is 5.92 Å². The lowest BCUT2D eigenvalue weighted by Gasteiger charge is -2.22. The molecule has 0 bridgehead atoms. The molecule has 0 aliphatic heterocycles. The maximum atomic E-state index is 12.3. The lowest BCUT2D eigenvalue weighted by molar-refractivity contribution is -0.133. The van der Waals surface area contributed by atoms with Crippen LogP contribution in [0, 0.1) is 23.2 Å².